The fourth-order valence-electron chi connectivity index (χ4n) is 4.40. The van der Waals surface area contributed by atoms with Crippen molar-refractivity contribution in [1.82, 2.24) is 19.4 Å². The third-order valence-electron chi connectivity index (χ3n) is 6.04. The van der Waals surface area contributed by atoms with E-state index in [2.05, 4.69) is 24.1 Å². The van der Waals surface area contributed by atoms with E-state index in [0.29, 0.717) is 37.6 Å². The molecule has 0 radical (unpaired) electrons. The van der Waals surface area contributed by atoms with Gasteiger partial charge in [-0.15, -0.1) is 0 Å². The summed E-state index contributed by atoms with van der Waals surface area (Å²) in [4.78, 5) is 17.3. The summed E-state index contributed by atoms with van der Waals surface area (Å²) in [5.74, 6) is 0.747. The molecule has 1 aromatic carbocycles. The maximum atomic E-state index is 12.8. The summed E-state index contributed by atoms with van der Waals surface area (Å²) in [7, 11) is -3.47. The maximum Gasteiger partial charge on any atom is 0.243 e. The highest BCUT2D eigenvalue weighted by molar-refractivity contribution is 7.89. The Kier molecular flexibility index (Phi) is 7.90. The summed E-state index contributed by atoms with van der Waals surface area (Å²) in [5.41, 5.74) is 1.04. The molecule has 1 amide bonds. The second-order valence-corrected chi connectivity index (χ2v) is 10.9. The van der Waals surface area contributed by atoms with E-state index in [1.165, 1.54) is 17.1 Å². The number of amides is 1. The molecular weight excluding hydrogens is 400 g/mol. The monoisotopic (exact) mass is 436 g/mol. The fourth-order valence-corrected chi connectivity index (χ4v) is 5.82. The first-order valence-corrected chi connectivity index (χ1v) is 12.5. The molecule has 2 fully saturated rings. The van der Waals surface area contributed by atoms with Crippen LogP contribution in [0.5, 0.6) is 0 Å². The van der Waals surface area contributed by atoms with E-state index in [9.17, 15) is 13.2 Å². The maximum absolute atomic E-state index is 12.8. The molecule has 2 heterocycles. The van der Waals surface area contributed by atoms with Gasteiger partial charge in [-0.2, -0.15) is 4.31 Å². The molecule has 2 atom stereocenters. The van der Waals surface area contributed by atoms with Crippen LogP contribution in [0.2, 0.25) is 0 Å². The lowest BCUT2D eigenvalue weighted by Crippen LogP contribution is -2.52. The highest BCUT2D eigenvalue weighted by Gasteiger charge is 2.29. The van der Waals surface area contributed by atoms with Gasteiger partial charge >= 0.3 is 0 Å². The molecule has 1 N–H and O–H groups in total. The van der Waals surface area contributed by atoms with Gasteiger partial charge in [0.1, 0.15) is 0 Å². The number of hydrogen-bond acceptors (Lipinski definition) is 5. The number of nitrogens with one attached hydrogen (secondary N) is 1. The third kappa shape index (κ3) is 6.26. The molecule has 2 aliphatic heterocycles. The van der Waals surface area contributed by atoms with Gasteiger partial charge in [0.2, 0.25) is 15.9 Å². The van der Waals surface area contributed by atoms with E-state index in [1.54, 1.807) is 12.1 Å². The average Bonchev–Trinajstić information content (AvgIpc) is 2.68. The lowest BCUT2D eigenvalue weighted by molar-refractivity contribution is -0.123. The lowest BCUT2D eigenvalue weighted by atomic mass is 10.00. The Balaban J connectivity index is 1.42. The van der Waals surface area contributed by atoms with Crippen LogP contribution in [0, 0.1) is 12.8 Å². The predicted octanol–water partition coefficient (Wildman–Crippen LogP) is 1.54. The number of benzene rings is 1. The number of rotatable bonds is 7. The van der Waals surface area contributed by atoms with Crippen LogP contribution in [-0.2, 0) is 14.8 Å². The van der Waals surface area contributed by atoms with Gasteiger partial charge in [0.25, 0.3) is 0 Å². The zero-order valence-electron chi connectivity index (χ0n) is 18.5. The van der Waals surface area contributed by atoms with Crippen LogP contribution in [0.1, 0.15) is 32.3 Å². The number of hydrogen-bond donors (Lipinski definition) is 1. The quantitative estimate of drug-likeness (QED) is 0.702. The van der Waals surface area contributed by atoms with Gasteiger partial charge in [0.15, 0.2) is 0 Å². The van der Waals surface area contributed by atoms with Crippen molar-refractivity contribution in [2.45, 2.75) is 44.6 Å². The minimum absolute atomic E-state index is 0.0161. The number of nitrogens with zero attached hydrogens (tertiary/aromatic N) is 3. The van der Waals surface area contributed by atoms with E-state index in [-0.39, 0.29) is 11.9 Å². The first-order valence-electron chi connectivity index (χ1n) is 11.0. The molecule has 0 aliphatic carbocycles. The van der Waals surface area contributed by atoms with Gasteiger partial charge in [-0.25, -0.2) is 8.42 Å². The molecule has 0 spiro atoms. The van der Waals surface area contributed by atoms with Crippen LogP contribution in [0.15, 0.2) is 29.2 Å². The zero-order chi connectivity index (χ0) is 21.7. The number of sulfonamides is 1. The molecule has 8 heteroatoms. The Morgan fingerprint density at radius 3 is 2.40 bits per heavy atom. The highest BCUT2D eigenvalue weighted by Crippen LogP contribution is 2.18. The average molecular weight is 437 g/mol. The molecular formula is C22H36N4O3S. The zero-order valence-corrected chi connectivity index (χ0v) is 19.3. The number of carbonyl (C=O) groups excluding carboxylic acids is 1. The third-order valence-corrected chi connectivity index (χ3v) is 7.95. The Morgan fingerprint density at radius 2 is 1.77 bits per heavy atom. The Hall–Kier alpha value is -1.48. The SMILES string of the molecule is Cc1ccc(S(=O)(=O)N2CCN(CC(=O)NC(C)CN3CCCC(C)C3)CC2)cc1. The van der Waals surface area contributed by atoms with Gasteiger partial charge in [-0.05, 0) is 51.3 Å². The van der Waals surface area contributed by atoms with E-state index < -0.39 is 10.0 Å². The number of piperidine rings is 1. The molecule has 0 bridgehead atoms. The van der Waals surface area contributed by atoms with Crippen molar-refractivity contribution in [2.75, 3.05) is 52.4 Å². The minimum Gasteiger partial charge on any atom is -0.351 e. The topological polar surface area (TPSA) is 73.0 Å². The van der Waals surface area contributed by atoms with Crippen molar-refractivity contribution in [1.29, 1.82) is 0 Å². The van der Waals surface area contributed by atoms with Crippen LogP contribution in [0.3, 0.4) is 0 Å². The van der Waals surface area contributed by atoms with Crippen LogP contribution in [-0.4, -0.2) is 86.8 Å². The Labute approximate surface area is 181 Å². The molecule has 2 saturated heterocycles. The van der Waals surface area contributed by atoms with E-state index >= 15 is 0 Å². The summed E-state index contributed by atoms with van der Waals surface area (Å²) in [6, 6.07) is 7.08. The van der Waals surface area contributed by atoms with Crippen molar-refractivity contribution < 1.29 is 13.2 Å². The largest absolute Gasteiger partial charge is 0.351 e. The van der Waals surface area contributed by atoms with Crippen molar-refractivity contribution in [2.24, 2.45) is 5.92 Å². The Morgan fingerprint density at radius 1 is 1.10 bits per heavy atom. The summed E-state index contributed by atoms with van der Waals surface area (Å²) in [6.07, 6.45) is 2.53. The van der Waals surface area contributed by atoms with Gasteiger partial charge < -0.3 is 10.2 Å². The molecule has 7 nitrogen and oxygen atoms in total. The van der Waals surface area contributed by atoms with Crippen LogP contribution in [0.25, 0.3) is 0 Å². The van der Waals surface area contributed by atoms with E-state index in [1.807, 2.05) is 24.0 Å². The van der Waals surface area contributed by atoms with Crippen molar-refractivity contribution >= 4 is 15.9 Å². The fraction of sp³-hybridized carbons (Fsp3) is 0.682. The predicted molar refractivity (Wildman–Crippen MR) is 119 cm³/mol. The number of likely N-dealkylation sites (tertiary alicyclic amines) is 1. The first kappa shape index (κ1) is 23.2. The number of carbonyl (C=O) groups is 1. The molecule has 1 aromatic rings. The minimum atomic E-state index is -3.47. The molecule has 168 valence electrons. The van der Waals surface area contributed by atoms with Crippen LogP contribution in [0.4, 0.5) is 0 Å². The second kappa shape index (κ2) is 10.2. The first-order chi connectivity index (χ1) is 14.2. The molecule has 3 rings (SSSR count). The number of aryl methyl sites for hydroxylation is 1. The van der Waals surface area contributed by atoms with Crippen LogP contribution < -0.4 is 5.32 Å². The van der Waals surface area contributed by atoms with Crippen LogP contribution >= 0.6 is 0 Å². The molecule has 30 heavy (non-hydrogen) atoms. The van der Waals surface area contributed by atoms with Gasteiger partial charge in [0.05, 0.1) is 11.4 Å². The summed E-state index contributed by atoms with van der Waals surface area (Å²) < 4.78 is 27.1. The summed E-state index contributed by atoms with van der Waals surface area (Å²) >= 11 is 0. The van der Waals surface area contributed by atoms with Crippen molar-refractivity contribution in [3.63, 3.8) is 0 Å². The molecule has 2 unspecified atom stereocenters. The lowest BCUT2D eigenvalue weighted by Gasteiger charge is -2.34. The second-order valence-electron chi connectivity index (χ2n) is 8.97. The normalized spacial score (nSPS) is 23.2. The van der Waals surface area contributed by atoms with Gasteiger partial charge in [0, 0.05) is 45.3 Å². The van der Waals surface area contributed by atoms with E-state index in [4.69, 9.17) is 0 Å². The summed E-state index contributed by atoms with van der Waals surface area (Å²) in [6.45, 7) is 11.7. The highest BCUT2D eigenvalue weighted by atomic mass is 32.2. The molecule has 0 saturated carbocycles. The van der Waals surface area contributed by atoms with Gasteiger partial charge in [-0.3, -0.25) is 9.69 Å². The molecule has 0 aromatic heterocycles. The standard InChI is InChI=1S/C22H36N4O3S/c1-18-6-8-21(9-7-18)30(28,29)26-13-11-24(12-14-26)17-22(27)23-20(3)16-25-10-4-5-19(2)15-25/h6-9,19-20H,4-5,10-17H2,1-3H3,(H,23,27). The van der Waals surface area contributed by atoms with Crippen molar-refractivity contribution in [3.05, 3.63) is 29.8 Å². The summed E-state index contributed by atoms with van der Waals surface area (Å²) in [5, 5.41) is 3.11. The molecule has 2 aliphatic rings. The van der Waals surface area contributed by atoms with Gasteiger partial charge in [-0.1, -0.05) is 24.6 Å². The van der Waals surface area contributed by atoms with E-state index in [0.717, 1.165) is 31.1 Å². The Bertz CT molecular complexity index is 804. The van der Waals surface area contributed by atoms with Crippen molar-refractivity contribution in [3.8, 4) is 0 Å². The smallest absolute Gasteiger partial charge is 0.243 e. The number of piperazine rings is 1.